The normalized spacial score (nSPS) is 29.6. The van der Waals surface area contributed by atoms with Gasteiger partial charge in [0.25, 0.3) is 0 Å². The molecule has 0 aromatic rings. The zero-order valence-electron chi connectivity index (χ0n) is 5.05. The SMILES string of the molecule is CN([NH-])C1CCCO1. The molecule has 0 saturated carbocycles. The molecule has 3 heteroatoms. The fourth-order valence-corrected chi connectivity index (χ4v) is 0.866. The lowest BCUT2D eigenvalue weighted by Crippen LogP contribution is -2.22. The highest BCUT2D eigenvalue weighted by atomic mass is 16.5. The molecule has 1 N–H and O–H groups in total. The Balaban J connectivity index is 2.24. The minimum absolute atomic E-state index is 0.0648. The molecule has 1 aliphatic heterocycles. The lowest BCUT2D eigenvalue weighted by Gasteiger charge is -2.26. The molecule has 1 aliphatic rings. The molecule has 0 bridgehead atoms. The summed E-state index contributed by atoms with van der Waals surface area (Å²) in [7, 11) is 1.72. The maximum atomic E-state index is 7.08. The van der Waals surface area contributed by atoms with E-state index in [-0.39, 0.29) is 6.23 Å². The molecule has 0 amide bonds. The van der Waals surface area contributed by atoms with Crippen molar-refractivity contribution in [3.8, 4) is 0 Å². The summed E-state index contributed by atoms with van der Waals surface area (Å²) < 4.78 is 5.15. The van der Waals surface area contributed by atoms with Crippen LogP contribution in [0.5, 0.6) is 0 Å². The number of hydrogen-bond acceptors (Lipinski definition) is 2. The van der Waals surface area contributed by atoms with E-state index in [2.05, 4.69) is 0 Å². The predicted molar refractivity (Wildman–Crippen MR) is 31.1 cm³/mol. The van der Waals surface area contributed by atoms with E-state index in [1.54, 1.807) is 7.05 Å². The predicted octanol–water partition coefficient (Wildman–Crippen LogP) is 1.02. The number of hydrogen-bond donors (Lipinski definition) is 0. The van der Waals surface area contributed by atoms with E-state index in [1.807, 2.05) is 0 Å². The summed E-state index contributed by atoms with van der Waals surface area (Å²) in [5.74, 6) is 7.08. The van der Waals surface area contributed by atoms with Crippen molar-refractivity contribution in [2.24, 2.45) is 0 Å². The van der Waals surface area contributed by atoms with Crippen LogP contribution in [0.15, 0.2) is 0 Å². The first-order valence-electron chi connectivity index (χ1n) is 2.86. The van der Waals surface area contributed by atoms with Gasteiger partial charge in [0.05, 0.1) is 6.23 Å². The molecule has 1 rings (SSSR count). The second-order valence-corrected chi connectivity index (χ2v) is 2.08. The van der Waals surface area contributed by atoms with Crippen molar-refractivity contribution in [2.45, 2.75) is 19.1 Å². The largest absolute Gasteiger partial charge is 0.608 e. The van der Waals surface area contributed by atoms with E-state index >= 15 is 0 Å². The molecule has 1 atom stereocenters. The van der Waals surface area contributed by atoms with E-state index < -0.39 is 0 Å². The van der Waals surface area contributed by atoms with Crippen LogP contribution < -0.4 is 0 Å². The zero-order valence-corrected chi connectivity index (χ0v) is 5.05. The van der Waals surface area contributed by atoms with Crippen LogP contribution in [0.4, 0.5) is 0 Å². The first kappa shape index (κ1) is 6.01. The fraction of sp³-hybridized carbons (Fsp3) is 1.00. The highest BCUT2D eigenvalue weighted by Crippen LogP contribution is 2.13. The van der Waals surface area contributed by atoms with Gasteiger partial charge in [-0.3, -0.25) is 0 Å². The van der Waals surface area contributed by atoms with Gasteiger partial charge in [-0.05, 0) is 19.9 Å². The van der Waals surface area contributed by atoms with Crippen LogP contribution >= 0.6 is 0 Å². The second-order valence-electron chi connectivity index (χ2n) is 2.08. The third-order valence-corrected chi connectivity index (χ3v) is 1.34. The summed E-state index contributed by atoms with van der Waals surface area (Å²) in [6, 6.07) is 0. The maximum absolute atomic E-state index is 7.08. The lowest BCUT2D eigenvalue weighted by molar-refractivity contribution is 0.0212. The van der Waals surface area contributed by atoms with Gasteiger partial charge in [0.15, 0.2) is 0 Å². The number of nitrogens with one attached hydrogen (secondary N) is 1. The molecule has 1 heterocycles. The van der Waals surface area contributed by atoms with Crippen LogP contribution in [0.2, 0.25) is 0 Å². The highest BCUT2D eigenvalue weighted by molar-refractivity contribution is 4.63. The summed E-state index contributed by atoms with van der Waals surface area (Å²) in [4.78, 5) is 0. The van der Waals surface area contributed by atoms with E-state index in [1.165, 1.54) is 5.01 Å². The van der Waals surface area contributed by atoms with Gasteiger partial charge in [-0.25, -0.2) is 0 Å². The highest BCUT2D eigenvalue weighted by Gasteiger charge is 2.13. The average Bonchev–Trinajstić information content (AvgIpc) is 2.12. The molecule has 48 valence electrons. The molecular weight excluding hydrogens is 104 g/mol. The molecule has 0 aliphatic carbocycles. The van der Waals surface area contributed by atoms with Crippen molar-refractivity contribution in [3.63, 3.8) is 0 Å². The Morgan fingerprint density at radius 3 is 2.75 bits per heavy atom. The van der Waals surface area contributed by atoms with Crippen molar-refractivity contribution in [3.05, 3.63) is 5.84 Å². The van der Waals surface area contributed by atoms with Gasteiger partial charge >= 0.3 is 0 Å². The van der Waals surface area contributed by atoms with Crippen LogP contribution in [-0.2, 0) is 4.74 Å². The lowest BCUT2D eigenvalue weighted by atomic mass is 10.3. The van der Waals surface area contributed by atoms with Gasteiger partial charge in [-0.15, -0.1) is 0 Å². The standard InChI is InChI=1S/C5H11N2O/c1-7(6)5-3-2-4-8-5/h5-6H,2-4H2,1H3/q-1. The Morgan fingerprint density at radius 2 is 2.50 bits per heavy atom. The Bertz CT molecular complexity index is 68.8. The van der Waals surface area contributed by atoms with E-state index in [4.69, 9.17) is 10.6 Å². The summed E-state index contributed by atoms with van der Waals surface area (Å²) in [5, 5.41) is 1.37. The Morgan fingerprint density at radius 1 is 1.75 bits per heavy atom. The van der Waals surface area contributed by atoms with Crippen LogP contribution in [0.1, 0.15) is 12.8 Å². The number of ether oxygens (including phenoxy) is 1. The number of rotatable bonds is 1. The molecule has 8 heavy (non-hydrogen) atoms. The maximum Gasteiger partial charge on any atom is 0.0934 e. The van der Waals surface area contributed by atoms with E-state index in [0.717, 1.165) is 19.4 Å². The molecule has 0 aromatic carbocycles. The average molecular weight is 115 g/mol. The first-order valence-corrected chi connectivity index (χ1v) is 2.86. The third kappa shape index (κ3) is 1.18. The molecule has 0 radical (unpaired) electrons. The minimum Gasteiger partial charge on any atom is -0.608 e. The zero-order chi connectivity index (χ0) is 5.98. The molecule has 3 nitrogen and oxygen atoms in total. The van der Waals surface area contributed by atoms with Crippen molar-refractivity contribution in [2.75, 3.05) is 13.7 Å². The van der Waals surface area contributed by atoms with Crippen molar-refractivity contribution >= 4 is 0 Å². The van der Waals surface area contributed by atoms with E-state index in [9.17, 15) is 0 Å². The molecule has 1 saturated heterocycles. The van der Waals surface area contributed by atoms with Gasteiger partial charge in [0.2, 0.25) is 0 Å². The minimum atomic E-state index is 0.0648. The monoisotopic (exact) mass is 115 g/mol. The second kappa shape index (κ2) is 2.44. The quantitative estimate of drug-likeness (QED) is 0.478. The molecule has 1 unspecified atom stereocenters. The Hall–Kier alpha value is -0.120. The Kier molecular flexibility index (Phi) is 1.83. The van der Waals surface area contributed by atoms with Gasteiger partial charge in [0.1, 0.15) is 0 Å². The van der Waals surface area contributed by atoms with Gasteiger partial charge in [-0.1, -0.05) is 0 Å². The molecular formula is C5H11N2O-. The molecule has 0 aromatic heterocycles. The summed E-state index contributed by atoms with van der Waals surface area (Å²) in [5.41, 5.74) is 0. The van der Waals surface area contributed by atoms with Crippen molar-refractivity contribution in [1.29, 1.82) is 0 Å². The summed E-state index contributed by atoms with van der Waals surface area (Å²) in [6.07, 6.45) is 2.18. The summed E-state index contributed by atoms with van der Waals surface area (Å²) >= 11 is 0. The van der Waals surface area contributed by atoms with Crippen molar-refractivity contribution < 1.29 is 4.74 Å². The van der Waals surface area contributed by atoms with E-state index in [0.29, 0.717) is 0 Å². The van der Waals surface area contributed by atoms with Crippen LogP contribution in [0.25, 0.3) is 5.84 Å². The van der Waals surface area contributed by atoms with Gasteiger partial charge in [-0.2, -0.15) is 0 Å². The Labute approximate surface area is 49.4 Å². The van der Waals surface area contributed by atoms with Gasteiger partial charge < -0.3 is 15.6 Å². The van der Waals surface area contributed by atoms with Crippen LogP contribution in [0.3, 0.4) is 0 Å². The molecule has 0 spiro atoms. The fourth-order valence-electron chi connectivity index (χ4n) is 0.866. The third-order valence-electron chi connectivity index (χ3n) is 1.34. The van der Waals surface area contributed by atoms with Gasteiger partial charge in [0, 0.05) is 6.61 Å². The van der Waals surface area contributed by atoms with Crippen LogP contribution in [0, 0.1) is 0 Å². The topological polar surface area (TPSA) is 36.3 Å². The number of nitrogens with zero attached hydrogens (tertiary/aromatic N) is 1. The molecule has 1 fully saturated rings. The van der Waals surface area contributed by atoms with Crippen molar-refractivity contribution in [1.82, 2.24) is 5.01 Å². The first-order chi connectivity index (χ1) is 3.80. The summed E-state index contributed by atoms with van der Waals surface area (Å²) in [6.45, 7) is 0.827. The van der Waals surface area contributed by atoms with Crippen LogP contribution in [-0.4, -0.2) is 24.9 Å². The smallest absolute Gasteiger partial charge is 0.0934 e.